The van der Waals surface area contributed by atoms with Crippen molar-refractivity contribution in [2.24, 2.45) is 0 Å². The van der Waals surface area contributed by atoms with Gasteiger partial charge >= 0.3 is 6.09 Å². The predicted octanol–water partition coefficient (Wildman–Crippen LogP) is 8.73. The van der Waals surface area contributed by atoms with E-state index in [1.165, 1.54) is 0 Å². The molecule has 270 valence electrons. The minimum atomic E-state index is -0.617. The summed E-state index contributed by atoms with van der Waals surface area (Å²) in [4.78, 5) is 33.0. The summed E-state index contributed by atoms with van der Waals surface area (Å²) in [5, 5.41) is 7.20. The number of ether oxygens (including phenoxy) is 3. The summed E-state index contributed by atoms with van der Waals surface area (Å²) in [6.07, 6.45) is 1.94. The fraction of sp³-hybridized carbons (Fsp3) is 0.333. The minimum absolute atomic E-state index is 0.0752. The van der Waals surface area contributed by atoms with Gasteiger partial charge in [0.2, 0.25) is 0 Å². The molecular formula is C42H46N4O6. The van der Waals surface area contributed by atoms with Crippen LogP contribution in [0.15, 0.2) is 89.6 Å². The lowest BCUT2D eigenvalue weighted by Crippen LogP contribution is -2.40. The number of pyridine rings is 1. The lowest BCUT2D eigenvalue weighted by Gasteiger charge is -2.31. The summed E-state index contributed by atoms with van der Waals surface area (Å²) in [5.74, 6) is 1.26. The van der Waals surface area contributed by atoms with Crippen LogP contribution in [0.2, 0.25) is 0 Å². The van der Waals surface area contributed by atoms with Gasteiger partial charge in [0.15, 0.2) is 11.5 Å². The van der Waals surface area contributed by atoms with Crippen LogP contribution in [0.5, 0.6) is 11.5 Å². The van der Waals surface area contributed by atoms with Crippen molar-refractivity contribution in [3.63, 3.8) is 0 Å². The van der Waals surface area contributed by atoms with Crippen molar-refractivity contribution in [1.29, 1.82) is 0 Å². The summed E-state index contributed by atoms with van der Waals surface area (Å²) >= 11 is 0. The average Bonchev–Trinajstić information content (AvgIpc) is 3.58. The zero-order valence-electron chi connectivity index (χ0n) is 30.7. The Balaban J connectivity index is 1.46. The third-order valence-electron chi connectivity index (χ3n) is 8.68. The lowest BCUT2D eigenvalue weighted by atomic mass is 9.93. The molecule has 10 heteroatoms. The fourth-order valence-corrected chi connectivity index (χ4v) is 6.11. The third-order valence-corrected chi connectivity index (χ3v) is 8.68. The van der Waals surface area contributed by atoms with E-state index < -0.39 is 5.60 Å². The Bertz CT molecular complexity index is 2020. The second kappa shape index (κ2) is 15.7. The Morgan fingerprint density at radius 2 is 1.58 bits per heavy atom. The highest BCUT2D eigenvalue weighted by molar-refractivity contribution is 6.02. The molecule has 0 fully saturated rings. The van der Waals surface area contributed by atoms with Crippen LogP contribution in [0.25, 0.3) is 22.5 Å². The van der Waals surface area contributed by atoms with Crippen molar-refractivity contribution < 1.29 is 28.3 Å². The van der Waals surface area contributed by atoms with E-state index in [2.05, 4.69) is 24.3 Å². The SMILES string of the molecule is CCNC(=O)c1noc(-c2cc(C(C)C)c(OCc3ccccc3)cc2OCc2ccccc2)c1-c1cnc2c(c1)CN(C(=O)OC(C)(C)C)CC2. The van der Waals surface area contributed by atoms with Gasteiger partial charge in [-0.25, -0.2) is 4.79 Å². The highest BCUT2D eigenvalue weighted by Gasteiger charge is 2.31. The van der Waals surface area contributed by atoms with Crippen LogP contribution in [-0.2, 0) is 30.9 Å². The van der Waals surface area contributed by atoms with Gasteiger partial charge < -0.3 is 29.0 Å². The van der Waals surface area contributed by atoms with Gasteiger partial charge in [-0.05, 0) is 68.0 Å². The Hall–Kier alpha value is -5.64. The molecule has 0 spiro atoms. The van der Waals surface area contributed by atoms with Crippen molar-refractivity contribution in [3.05, 3.63) is 119 Å². The molecule has 1 aliphatic rings. The number of carbonyl (C=O) groups is 2. The Labute approximate surface area is 305 Å². The van der Waals surface area contributed by atoms with Crippen LogP contribution in [0.4, 0.5) is 4.79 Å². The van der Waals surface area contributed by atoms with Crippen molar-refractivity contribution in [2.75, 3.05) is 13.1 Å². The molecule has 3 heterocycles. The molecule has 0 aliphatic carbocycles. The minimum Gasteiger partial charge on any atom is -0.488 e. The molecule has 6 rings (SSSR count). The molecule has 0 radical (unpaired) electrons. The molecule has 2 aromatic heterocycles. The fourth-order valence-electron chi connectivity index (χ4n) is 6.11. The molecule has 3 aromatic carbocycles. The molecule has 5 aromatic rings. The average molecular weight is 703 g/mol. The van der Waals surface area contributed by atoms with Gasteiger partial charge in [-0.2, -0.15) is 0 Å². The van der Waals surface area contributed by atoms with Gasteiger partial charge in [0.25, 0.3) is 5.91 Å². The Morgan fingerprint density at radius 3 is 2.19 bits per heavy atom. The monoisotopic (exact) mass is 702 g/mol. The van der Waals surface area contributed by atoms with Crippen LogP contribution < -0.4 is 14.8 Å². The van der Waals surface area contributed by atoms with Crippen LogP contribution >= 0.6 is 0 Å². The number of hydrogen-bond acceptors (Lipinski definition) is 8. The van der Waals surface area contributed by atoms with E-state index in [1.807, 2.05) is 107 Å². The molecule has 10 nitrogen and oxygen atoms in total. The van der Waals surface area contributed by atoms with Gasteiger partial charge in [-0.3, -0.25) is 9.78 Å². The van der Waals surface area contributed by atoms with Gasteiger partial charge in [0, 0.05) is 43.0 Å². The number of rotatable bonds is 11. The summed E-state index contributed by atoms with van der Waals surface area (Å²) in [6, 6.07) is 25.8. The first-order valence-corrected chi connectivity index (χ1v) is 17.8. The van der Waals surface area contributed by atoms with E-state index in [-0.39, 0.29) is 23.6 Å². The van der Waals surface area contributed by atoms with E-state index >= 15 is 0 Å². The largest absolute Gasteiger partial charge is 0.488 e. The van der Waals surface area contributed by atoms with Crippen LogP contribution in [0, 0.1) is 0 Å². The first-order valence-electron chi connectivity index (χ1n) is 17.8. The summed E-state index contributed by atoms with van der Waals surface area (Å²) < 4.78 is 24.8. The number of nitrogens with one attached hydrogen (secondary N) is 1. The maximum Gasteiger partial charge on any atom is 0.410 e. The maximum atomic E-state index is 13.5. The highest BCUT2D eigenvalue weighted by Crippen LogP contribution is 2.45. The van der Waals surface area contributed by atoms with Gasteiger partial charge in [-0.15, -0.1) is 0 Å². The standard InChI is InChI=1S/C42H46N4O6/c1-7-43-40(47)38-37(30-20-31-24-46(19-18-34(31)44-23-30)41(48)51-42(4,5)6)39(52-45-38)33-21-32(27(2)3)35(49-25-28-14-10-8-11-15-28)22-36(33)50-26-29-16-12-9-13-17-29/h8-17,20-23,27H,7,18-19,24-26H2,1-6H3,(H,43,47). The topological polar surface area (TPSA) is 116 Å². The van der Waals surface area contributed by atoms with Gasteiger partial charge in [0.1, 0.15) is 30.3 Å². The number of hydrogen-bond donors (Lipinski definition) is 1. The van der Waals surface area contributed by atoms with E-state index in [9.17, 15) is 9.59 Å². The molecular weight excluding hydrogens is 656 g/mol. The first-order chi connectivity index (χ1) is 25.0. The molecule has 52 heavy (non-hydrogen) atoms. The Morgan fingerprint density at radius 1 is 0.923 bits per heavy atom. The number of carbonyl (C=O) groups excluding carboxylic acids is 2. The third kappa shape index (κ3) is 8.45. The van der Waals surface area contributed by atoms with Crippen molar-refractivity contribution >= 4 is 12.0 Å². The number of aromatic nitrogens is 2. The van der Waals surface area contributed by atoms with Crippen molar-refractivity contribution in [1.82, 2.24) is 20.4 Å². The smallest absolute Gasteiger partial charge is 0.410 e. The van der Waals surface area contributed by atoms with E-state index in [0.717, 1.165) is 27.9 Å². The number of amides is 2. The molecule has 1 N–H and O–H groups in total. The zero-order chi connectivity index (χ0) is 36.8. The quantitative estimate of drug-likeness (QED) is 0.145. The molecule has 0 saturated heterocycles. The maximum absolute atomic E-state index is 13.5. The van der Waals surface area contributed by atoms with Gasteiger partial charge in [-0.1, -0.05) is 79.7 Å². The lowest BCUT2D eigenvalue weighted by molar-refractivity contribution is 0.0222. The van der Waals surface area contributed by atoms with Crippen molar-refractivity contribution in [3.8, 4) is 33.9 Å². The van der Waals surface area contributed by atoms with Crippen LogP contribution in [0.3, 0.4) is 0 Å². The second-order valence-corrected chi connectivity index (χ2v) is 14.2. The van der Waals surface area contributed by atoms with Crippen LogP contribution in [-0.4, -0.2) is 45.7 Å². The molecule has 1 aliphatic heterocycles. The van der Waals surface area contributed by atoms with E-state index in [1.54, 1.807) is 11.1 Å². The molecule has 0 saturated carbocycles. The van der Waals surface area contributed by atoms with E-state index in [0.29, 0.717) is 73.2 Å². The highest BCUT2D eigenvalue weighted by atomic mass is 16.6. The molecule has 2 amide bonds. The summed E-state index contributed by atoms with van der Waals surface area (Å²) in [5.41, 5.74) is 5.96. The normalized spacial score (nSPS) is 12.7. The second-order valence-electron chi connectivity index (χ2n) is 14.2. The van der Waals surface area contributed by atoms with Crippen molar-refractivity contribution in [2.45, 2.75) is 79.2 Å². The Kier molecular flexibility index (Phi) is 10.9. The van der Waals surface area contributed by atoms with Gasteiger partial charge in [0.05, 0.1) is 17.7 Å². The molecule has 0 unspecified atom stereocenters. The number of benzene rings is 3. The van der Waals surface area contributed by atoms with Crippen LogP contribution in [0.1, 0.15) is 85.9 Å². The van der Waals surface area contributed by atoms with E-state index in [4.69, 9.17) is 23.7 Å². The zero-order valence-corrected chi connectivity index (χ0v) is 30.7. The molecule has 0 atom stereocenters. The first kappa shape index (κ1) is 36.2. The predicted molar refractivity (Wildman–Crippen MR) is 199 cm³/mol. The summed E-state index contributed by atoms with van der Waals surface area (Å²) in [7, 11) is 0. The number of fused-ring (bicyclic) bond motifs is 1. The number of nitrogens with zero attached hydrogens (tertiary/aromatic N) is 3. The molecule has 0 bridgehead atoms. The summed E-state index contributed by atoms with van der Waals surface area (Å²) in [6.45, 7) is 13.5.